The van der Waals surface area contributed by atoms with Crippen molar-refractivity contribution < 1.29 is 19.2 Å². The molecule has 1 atom stereocenters. The van der Waals surface area contributed by atoms with Gasteiger partial charge in [-0.25, -0.2) is 0 Å². The molecule has 0 amide bonds. The van der Waals surface area contributed by atoms with Crippen molar-refractivity contribution in [2.75, 3.05) is 7.11 Å². The van der Waals surface area contributed by atoms with Crippen molar-refractivity contribution in [3.05, 3.63) is 69.6 Å². The number of hydrogen-bond acceptors (Lipinski definition) is 5. The fourth-order valence-electron chi connectivity index (χ4n) is 2.11. The van der Waals surface area contributed by atoms with Crippen LogP contribution in [0.25, 0.3) is 0 Å². The first-order chi connectivity index (χ1) is 10.1. The molecule has 1 aliphatic rings. The quantitative estimate of drug-likeness (QED) is 0.456. The molecule has 1 aromatic carbocycles. The van der Waals surface area contributed by atoms with Gasteiger partial charge in [0.1, 0.15) is 12.4 Å². The molecule has 2 rings (SSSR count). The highest BCUT2D eigenvalue weighted by Gasteiger charge is 2.46. The average molecular weight is 289 g/mol. The van der Waals surface area contributed by atoms with Crippen LogP contribution in [0.5, 0.6) is 0 Å². The lowest BCUT2D eigenvalue weighted by atomic mass is 9.91. The molecule has 0 saturated carbocycles. The van der Waals surface area contributed by atoms with E-state index in [0.29, 0.717) is 18.7 Å². The molecule has 0 aliphatic heterocycles. The van der Waals surface area contributed by atoms with Crippen LogP contribution in [0.3, 0.4) is 0 Å². The normalized spacial score (nSPS) is 21.2. The summed E-state index contributed by atoms with van der Waals surface area (Å²) < 4.78 is 10.7. The first-order valence-electron chi connectivity index (χ1n) is 6.35. The van der Waals surface area contributed by atoms with Gasteiger partial charge in [-0.2, -0.15) is 0 Å². The number of methoxy groups -OCH3 is 1. The maximum Gasteiger partial charge on any atom is 0.285 e. The van der Waals surface area contributed by atoms with E-state index < -0.39 is 10.5 Å². The smallest absolute Gasteiger partial charge is 0.285 e. The molecule has 0 N–H and O–H groups in total. The van der Waals surface area contributed by atoms with Crippen LogP contribution in [0.2, 0.25) is 0 Å². The summed E-state index contributed by atoms with van der Waals surface area (Å²) in [6.07, 6.45) is 3.21. The Hall–Kier alpha value is -2.47. The minimum atomic E-state index is -1.59. The third kappa shape index (κ3) is 3.17. The largest absolute Gasteiger partial charge is 0.493 e. The Kier molecular flexibility index (Phi) is 4.49. The molecule has 0 fully saturated rings. The van der Waals surface area contributed by atoms with Crippen molar-refractivity contribution in [3.63, 3.8) is 0 Å². The topological polar surface area (TPSA) is 78.7 Å². The van der Waals surface area contributed by atoms with Gasteiger partial charge in [0.05, 0.1) is 11.3 Å². The van der Waals surface area contributed by atoms with Crippen LogP contribution in [0, 0.1) is 10.1 Å². The third-order valence-electron chi connectivity index (χ3n) is 3.32. The average Bonchev–Trinajstić information content (AvgIpc) is 2.53. The van der Waals surface area contributed by atoms with Gasteiger partial charge < -0.3 is 9.47 Å². The SMILES string of the molecule is COC1(C=O)CC(OCc2ccccc2)=CC=C1[N+](=O)[O-]. The lowest BCUT2D eigenvalue weighted by Gasteiger charge is -2.27. The monoisotopic (exact) mass is 289 g/mol. The number of carbonyl (C=O) groups is 1. The number of aldehydes is 1. The molecular weight excluding hydrogens is 274 g/mol. The van der Waals surface area contributed by atoms with E-state index in [0.717, 1.165) is 5.56 Å². The van der Waals surface area contributed by atoms with Crippen molar-refractivity contribution in [3.8, 4) is 0 Å². The fourth-order valence-corrected chi connectivity index (χ4v) is 2.11. The van der Waals surface area contributed by atoms with Crippen LogP contribution in [0.15, 0.2) is 53.9 Å². The summed E-state index contributed by atoms with van der Waals surface area (Å²) >= 11 is 0. The maximum atomic E-state index is 11.3. The standard InChI is InChI=1S/C15H15NO5/c1-20-15(11-17)9-13(7-8-14(15)16(18)19)21-10-12-5-3-2-4-6-12/h2-8,11H,9-10H2,1H3. The zero-order valence-electron chi connectivity index (χ0n) is 11.5. The van der Waals surface area contributed by atoms with E-state index in [4.69, 9.17) is 9.47 Å². The molecule has 0 aromatic heterocycles. The minimum absolute atomic E-state index is 0.00659. The van der Waals surface area contributed by atoms with Crippen LogP contribution >= 0.6 is 0 Å². The van der Waals surface area contributed by atoms with E-state index in [1.807, 2.05) is 30.3 Å². The molecule has 0 bridgehead atoms. The number of benzene rings is 1. The van der Waals surface area contributed by atoms with Crippen LogP contribution in [0.1, 0.15) is 12.0 Å². The van der Waals surface area contributed by atoms with Crippen LogP contribution < -0.4 is 0 Å². The Morgan fingerprint density at radius 2 is 2.05 bits per heavy atom. The summed E-state index contributed by atoms with van der Waals surface area (Å²) in [5.74, 6) is 0.471. The maximum absolute atomic E-state index is 11.3. The molecule has 0 spiro atoms. The Labute approximate surface area is 121 Å². The Balaban J connectivity index is 2.15. The van der Waals surface area contributed by atoms with Gasteiger partial charge in [0, 0.05) is 13.2 Å². The molecule has 0 heterocycles. The first-order valence-corrected chi connectivity index (χ1v) is 6.35. The third-order valence-corrected chi connectivity index (χ3v) is 3.32. The molecular formula is C15H15NO5. The van der Waals surface area contributed by atoms with Gasteiger partial charge in [-0.1, -0.05) is 30.3 Å². The summed E-state index contributed by atoms with van der Waals surface area (Å²) in [6, 6.07) is 9.50. The van der Waals surface area contributed by atoms with Crippen molar-refractivity contribution in [2.45, 2.75) is 18.6 Å². The summed E-state index contributed by atoms with van der Waals surface area (Å²) in [5, 5.41) is 11.0. The number of hydrogen-bond donors (Lipinski definition) is 0. The zero-order chi connectivity index (χ0) is 15.3. The van der Waals surface area contributed by atoms with Crippen molar-refractivity contribution in [1.29, 1.82) is 0 Å². The number of rotatable bonds is 6. The Morgan fingerprint density at radius 3 is 2.62 bits per heavy atom. The van der Waals surface area contributed by atoms with Gasteiger partial charge in [-0.3, -0.25) is 14.9 Å². The van der Waals surface area contributed by atoms with E-state index in [-0.39, 0.29) is 12.1 Å². The Bertz CT molecular complexity index is 593. The van der Waals surface area contributed by atoms with Gasteiger partial charge in [0.2, 0.25) is 5.60 Å². The summed E-state index contributed by atoms with van der Waals surface area (Å²) in [5.41, 5.74) is -0.909. The summed E-state index contributed by atoms with van der Waals surface area (Å²) in [7, 11) is 1.27. The number of carbonyl (C=O) groups excluding carboxylic acids is 1. The lowest BCUT2D eigenvalue weighted by Crippen LogP contribution is -2.40. The molecule has 0 saturated heterocycles. The van der Waals surface area contributed by atoms with E-state index in [1.54, 1.807) is 0 Å². The molecule has 6 nitrogen and oxygen atoms in total. The highest BCUT2D eigenvalue weighted by atomic mass is 16.6. The molecule has 6 heteroatoms. The highest BCUT2D eigenvalue weighted by molar-refractivity contribution is 5.69. The van der Waals surface area contributed by atoms with E-state index >= 15 is 0 Å². The number of ether oxygens (including phenoxy) is 2. The second-order valence-corrected chi connectivity index (χ2v) is 4.60. The number of nitrogens with zero attached hydrogens (tertiary/aromatic N) is 1. The van der Waals surface area contributed by atoms with Gasteiger partial charge in [-0.15, -0.1) is 0 Å². The predicted octanol–water partition coefficient (Wildman–Crippen LogP) is 2.24. The van der Waals surface area contributed by atoms with Gasteiger partial charge >= 0.3 is 0 Å². The highest BCUT2D eigenvalue weighted by Crippen LogP contribution is 2.32. The number of allylic oxidation sites excluding steroid dienone is 2. The molecule has 0 radical (unpaired) electrons. The van der Waals surface area contributed by atoms with Gasteiger partial charge in [0.15, 0.2) is 6.29 Å². The van der Waals surface area contributed by atoms with Gasteiger partial charge in [0.25, 0.3) is 5.70 Å². The van der Waals surface area contributed by atoms with Gasteiger partial charge in [-0.05, 0) is 11.6 Å². The second-order valence-electron chi connectivity index (χ2n) is 4.60. The minimum Gasteiger partial charge on any atom is -0.493 e. The van der Waals surface area contributed by atoms with Crippen LogP contribution in [-0.2, 0) is 20.9 Å². The van der Waals surface area contributed by atoms with Crippen LogP contribution in [-0.4, -0.2) is 23.9 Å². The van der Waals surface area contributed by atoms with E-state index in [9.17, 15) is 14.9 Å². The van der Waals surface area contributed by atoms with Crippen molar-refractivity contribution in [2.24, 2.45) is 0 Å². The van der Waals surface area contributed by atoms with E-state index in [2.05, 4.69) is 0 Å². The number of nitro groups is 1. The molecule has 1 aliphatic carbocycles. The fraction of sp³-hybridized carbons (Fsp3) is 0.267. The molecule has 21 heavy (non-hydrogen) atoms. The predicted molar refractivity (Wildman–Crippen MR) is 74.8 cm³/mol. The van der Waals surface area contributed by atoms with Crippen LogP contribution in [0.4, 0.5) is 0 Å². The lowest BCUT2D eigenvalue weighted by molar-refractivity contribution is -0.442. The van der Waals surface area contributed by atoms with Crippen molar-refractivity contribution >= 4 is 6.29 Å². The van der Waals surface area contributed by atoms with E-state index in [1.165, 1.54) is 19.3 Å². The first kappa shape index (κ1) is 14.9. The summed E-state index contributed by atoms with van der Waals surface area (Å²) in [4.78, 5) is 21.7. The molecule has 110 valence electrons. The molecule has 1 unspecified atom stereocenters. The van der Waals surface area contributed by atoms with Crippen molar-refractivity contribution in [1.82, 2.24) is 0 Å². The second kappa shape index (κ2) is 6.32. The Morgan fingerprint density at radius 1 is 1.33 bits per heavy atom. The molecule has 1 aromatic rings. The summed E-state index contributed by atoms with van der Waals surface area (Å²) in [6.45, 7) is 0.326. The zero-order valence-corrected chi connectivity index (χ0v) is 11.5.